The fourth-order valence-corrected chi connectivity index (χ4v) is 1.59. The second kappa shape index (κ2) is 3.81. The minimum atomic E-state index is -1.98. The summed E-state index contributed by atoms with van der Waals surface area (Å²) in [5, 5.41) is 0. The maximum atomic E-state index is 10.3. The SMILES string of the molecule is O=[P+](O)CN1CC=CCC1. The van der Waals surface area contributed by atoms with Gasteiger partial charge in [0.05, 0.1) is 0 Å². The second-order valence-electron chi connectivity index (χ2n) is 2.33. The van der Waals surface area contributed by atoms with Crippen LogP contribution in [0, 0.1) is 0 Å². The number of nitrogens with zero attached hydrogens (tertiary/aromatic N) is 1. The summed E-state index contributed by atoms with van der Waals surface area (Å²) in [6, 6.07) is 0. The molecule has 1 unspecified atom stereocenters. The van der Waals surface area contributed by atoms with E-state index in [4.69, 9.17) is 4.89 Å². The predicted molar refractivity (Wildman–Crippen MR) is 40.0 cm³/mol. The zero-order valence-electron chi connectivity index (χ0n) is 5.73. The van der Waals surface area contributed by atoms with E-state index in [1.54, 1.807) is 0 Å². The van der Waals surface area contributed by atoms with Crippen LogP contribution < -0.4 is 0 Å². The topological polar surface area (TPSA) is 40.5 Å². The Morgan fingerprint density at radius 2 is 2.40 bits per heavy atom. The molecule has 0 aromatic heterocycles. The summed E-state index contributed by atoms with van der Waals surface area (Å²) >= 11 is 0. The lowest BCUT2D eigenvalue weighted by Gasteiger charge is -2.16. The van der Waals surface area contributed by atoms with Gasteiger partial charge in [0.15, 0.2) is 0 Å². The first-order valence-corrected chi connectivity index (χ1v) is 4.69. The van der Waals surface area contributed by atoms with Crippen molar-refractivity contribution in [2.45, 2.75) is 6.42 Å². The summed E-state index contributed by atoms with van der Waals surface area (Å²) in [7, 11) is -1.98. The molecule has 1 aliphatic heterocycles. The van der Waals surface area contributed by atoms with Gasteiger partial charge in [-0.05, 0) is 11.0 Å². The van der Waals surface area contributed by atoms with Gasteiger partial charge in [-0.1, -0.05) is 12.2 Å². The quantitative estimate of drug-likeness (QED) is 0.482. The van der Waals surface area contributed by atoms with E-state index >= 15 is 0 Å². The average molecular weight is 160 g/mol. The Balaban J connectivity index is 2.28. The van der Waals surface area contributed by atoms with Crippen LogP contribution in [0.5, 0.6) is 0 Å². The Morgan fingerprint density at radius 1 is 1.60 bits per heavy atom. The molecular formula is C6H11NO2P+. The molecule has 0 aliphatic carbocycles. The molecule has 4 heteroatoms. The summed E-state index contributed by atoms with van der Waals surface area (Å²) in [6.07, 6.45) is 5.45. The molecule has 0 radical (unpaired) electrons. The molecular weight excluding hydrogens is 149 g/mol. The molecule has 0 amide bonds. The molecule has 10 heavy (non-hydrogen) atoms. The lowest BCUT2D eigenvalue weighted by atomic mass is 10.3. The normalized spacial score (nSPS) is 21.1. The summed E-state index contributed by atoms with van der Waals surface area (Å²) in [4.78, 5) is 10.5. The molecule has 0 bridgehead atoms. The van der Waals surface area contributed by atoms with E-state index < -0.39 is 8.03 Å². The Kier molecular flexibility index (Phi) is 3.00. The van der Waals surface area contributed by atoms with Crippen molar-refractivity contribution in [2.75, 3.05) is 19.4 Å². The number of hydrogen-bond donors (Lipinski definition) is 1. The van der Waals surface area contributed by atoms with Crippen molar-refractivity contribution in [2.24, 2.45) is 0 Å². The number of hydrogen-bond acceptors (Lipinski definition) is 2. The van der Waals surface area contributed by atoms with Crippen LogP contribution in [0.15, 0.2) is 12.2 Å². The lowest BCUT2D eigenvalue weighted by molar-refractivity contribution is 0.333. The summed E-state index contributed by atoms with van der Waals surface area (Å²) in [5.41, 5.74) is 0. The zero-order chi connectivity index (χ0) is 7.40. The molecule has 0 aromatic carbocycles. The van der Waals surface area contributed by atoms with Gasteiger partial charge in [-0.3, -0.25) is 4.90 Å². The molecule has 1 N–H and O–H groups in total. The minimum Gasteiger partial charge on any atom is -0.256 e. The molecule has 0 spiro atoms. The first-order chi connectivity index (χ1) is 4.79. The highest BCUT2D eigenvalue weighted by Gasteiger charge is 2.17. The van der Waals surface area contributed by atoms with Gasteiger partial charge < -0.3 is 0 Å². The van der Waals surface area contributed by atoms with E-state index in [1.165, 1.54) is 0 Å². The van der Waals surface area contributed by atoms with Crippen molar-refractivity contribution in [3.63, 3.8) is 0 Å². The van der Waals surface area contributed by atoms with Crippen molar-refractivity contribution >= 4 is 8.03 Å². The van der Waals surface area contributed by atoms with Gasteiger partial charge in [-0.2, -0.15) is 4.89 Å². The number of rotatable bonds is 2. The van der Waals surface area contributed by atoms with Crippen molar-refractivity contribution < 1.29 is 9.46 Å². The molecule has 0 fully saturated rings. The van der Waals surface area contributed by atoms with Gasteiger partial charge in [-0.15, -0.1) is 0 Å². The first-order valence-electron chi connectivity index (χ1n) is 3.30. The van der Waals surface area contributed by atoms with Crippen LogP contribution in [0.25, 0.3) is 0 Å². The van der Waals surface area contributed by atoms with Gasteiger partial charge in [0.2, 0.25) is 6.29 Å². The molecule has 1 heterocycles. The van der Waals surface area contributed by atoms with E-state index in [1.807, 2.05) is 11.0 Å². The average Bonchev–Trinajstić information content (AvgIpc) is 1.88. The van der Waals surface area contributed by atoms with Gasteiger partial charge in [0.1, 0.15) is 0 Å². The van der Waals surface area contributed by atoms with Gasteiger partial charge in [-0.25, -0.2) is 0 Å². The van der Waals surface area contributed by atoms with E-state index in [0.29, 0.717) is 6.29 Å². The second-order valence-corrected chi connectivity index (χ2v) is 3.32. The Bertz CT molecular complexity index is 158. The third-order valence-electron chi connectivity index (χ3n) is 1.46. The van der Waals surface area contributed by atoms with Crippen LogP contribution in [0.4, 0.5) is 0 Å². The molecule has 3 nitrogen and oxygen atoms in total. The van der Waals surface area contributed by atoms with E-state index in [9.17, 15) is 4.57 Å². The highest BCUT2D eigenvalue weighted by atomic mass is 31.1. The molecule has 0 aromatic rings. The molecule has 0 saturated carbocycles. The molecule has 1 atom stereocenters. The third kappa shape index (κ3) is 2.56. The van der Waals surface area contributed by atoms with E-state index in [2.05, 4.69) is 6.08 Å². The highest BCUT2D eigenvalue weighted by molar-refractivity contribution is 7.37. The largest absolute Gasteiger partial charge is 0.521 e. The van der Waals surface area contributed by atoms with Crippen LogP contribution in [0.3, 0.4) is 0 Å². The fraction of sp³-hybridized carbons (Fsp3) is 0.667. The van der Waals surface area contributed by atoms with Crippen molar-refractivity contribution in [3.8, 4) is 0 Å². The van der Waals surface area contributed by atoms with Crippen molar-refractivity contribution in [1.29, 1.82) is 0 Å². The highest BCUT2D eigenvalue weighted by Crippen LogP contribution is 2.16. The zero-order valence-corrected chi connectivity index (χ0v) is 6.63. The van der Waals surface area contributed by atoms with Crippen LogP contribution >= 0.6 is 8.03 Å². The fourth-order valence-electron chi connectivity index (χ4n) is 0.989. The van der Waals surface area contributed by atoms with Crippen LogP contribution in [0.2, 0.25) is 0 Å². The Labute approximate surface area is 61.2 Å². The molecule has 56 valence electrons. The van der Waals surface area contributed by atoms with E-state index in [-0.39, 0.29) is 0 Å². The Hall–Kier alpha value is -0.240. The van der Waals surface area contributed by atoms with Gasteiger partial charge in [0.25, 0.3) is 0 Å². The summed E-state index contributed by atoms with van der Waals surface area (Å²) < 4.78 is 10.3. The molecule has 1 aliphatic rings. The maximum Gasteiger partial charge on any atom is 0.521 e. The van der Waals surface area contributed by atoms with Gasteiger partial charge in [0, 0.05) is 13.1 Å². The Morgan fingerprint density at radius 3 is 2.90 bits per heavy atom. The van der Waals surface area contributed by atoms with Crippen LogP contribution in [-0.4, -0.2) is 29.2 Å². The molecule has 1 rings (SSSR count). The lowest BCUT2D eigenvalue weighted by Crippen LogP contribution is -2.26. The van der Waals surface area contributed by atoms with E-state index in [0.717, 1.165) is 19.5 Å². The van der Waals surface area contributed by atoms with Crippen molar-refractivity contribution in [3.05, 3.63) is 12.2 Å². The third-order valence-corrected chi connectivity index (χ3v) is 2.11. The maximum absolute atomic E-state index is 10.3. The monoisotopic (exact) mass is 160 g/mol. The smallest absolute Gasteiger partial charge is 0.256 e. The van der Waals surface area contributed by atoms with Crippen LogP contribution in [0.1, 0.15) is 6.42 Å². The standard InChI is InChI=1S/C6H10NO2P/c8-10(9)6-7-4-2-1-3-5-7/h1-2H,3-6H2/p+1. The van der Waals surface area contributed by atoms with Crippen molar-refractivity contribution in [1.82, 2.24) is 4.90 Å². The van der Waals surface area contributed by atoms with Crippen LogP contribution in [-0.2, 0) is 4.57 Å². The summed E-state index contributed by atoms with van der Waals surface area (Å²) in [5.74, 6) is 0. The molecule has 0 saturated heterocycles. The minimum absolute atomic E-state index is 0.319. The van der Waals surface area contributed by atoms with Gasteiger partial charge >= 0.3 is 8.03 Å². The first kappa shape index (κ1) is 7.86. The predicted octanol–water partition coefficient (Wildman–Crippen LogP) is 0.941. The summed E-state index contributed by atoms with van der Waals surface area (Å²) in [6.45, 7) is 1.74.